The van der Waals surface area contributed by atoms with Crippen LogP contribution in [-0.4, -0.2) is 58.8 Å². The fourth-order valence-corrected chi connectivity index (χ4v) is 6.70. The van der Waals surface area contributed by atoms with Crippen molar-refractivity contribution >= 4 is 15.9 Å². The minimum atomic E-state index is -3.99. The molecule has 4 fully saturated rings. The molecule has 1 aliphatic heterocycles. The summed E-state index contributed by atoms with van der Waals surface area (Å²) in [5.41, 5.74) is -0.596. The summed E-state index contributed by atoms with van der Waals surface area (Å²) in [6.45, 7) is 7.73. The van der Waals surface area contributed by atoms with Gasteiger partial charge in [0.15, 0.2) is 5.79 Å². The highest BCUT2D eigenvalue weighted by Crippen LogP contribution is 2.60. The van der Waals surface area contributed by atoms with Crippen LogP contribution in [0.5, 0.6) is 0 Å². The summed E-state index contributed by atoms with van der Waals surface area (Å²) in [6, 6.07) is 6.54. The molecule has 9 heteroatoms. The van der Waals surface area contributed by atoms with Crippen molar-refractivity contribution in [3.8, 4) is 0 Å². The van der Waals surface area contributed by atoms with Crippen LogP contribution in [0.2, 0.25) is 0 Å². The maximum atomic E-state index is 13.3. The average Bonchev–Trinajstić information content (AvgIpc) is 3.11. The first-order valence-corrected chi connectivity index (χ1v) is 12.8. The summed E-state index contributed by atoms with van der Waals surface area (Å²) in [5.74, 6) is -1.40. The number of fused-ring (bicyclic) bond motifs is 3. The van der Waals surface area contributed by atoms with Crippen LogP contribution in [0.1, 0.15) is 45.6 Å². The van der Waals surface area contributed by atoms with E-state index in [9.17, 15) is 13.2 Å². The molecule has 5 rings (SSSR count). The minimum absolute atomic E-state index is 0.00540. The molecule has 3 saturated carbocycles. The SMILES string of the molecule is COCO[C@@]12CC[C@@](C)(C(=O)C1)[C@H]([C@H]1COC(C)(C)O1)[C@H]2COS(=O)(=O)c1ccc(C)cc1. The number of aryl methyl sites for hydroxylation is 1. The molecule has 33 heavy (non-hydrogen) atoms. The average molecular weight is 483 g/mol. The molecule has 0 amide bonds. The Hall–Kier alpha value is -1.36. The van der Waals surface area contributed by atoms with Gasteiger partial charge in [0, 0.05) is 30.8 Å². The van der Waals surface area contributed by atoms with E-state index in [1.54, 1.807) is 12.1 Å². The Bertz CT molecular complexity index is 984. The van der Waals surface area contributed by atoms with Gasteiger partial charge in [0.05, 0.1) is 29.8 Å². The van der Waals surface area contributed by atoms with Crippen molar-refractivity contribution in [3.63, 3.8) is 0 Å². The van der Waals surface area contributed by atoms with E-state index in [1.807, 2.05) is 27.7 Å². The monoisotopic (exact) mass is 482 g/mol. The first-order valence-electron chi connectivity index (χ1n) is 11.4. The lowest BCUT2D eigenvalue weighted by Gasteiger charge is -2.60. The van der Waals surface area contributed by atoms with Crippen LogP contribution < -0.4 is 0 Å². The van der Waals surface area contributed by atoms with E-state index in [0.29, 0.717) is 19.4 Å². The third-order valence-corrected chi connectivity index (χ3v) is 8.91. The molecule has 184 valence electrons. The number of hydrogen-bond acceptors (Lipinski definition) is 8. The van der Waals surface area contributed by atoms with Crippen molar-refractivity contribution < 1.29 is 36.3 Å². The van der Waals surface area contributed by atoms with E-state index in [0.717, 1.165) is 5.56 Å². The summed E-state index contributed by atoms with van der Waals surface area (Å²) in [5, 5.41) is 0. The van der Waals surface area contributed by atoms with Crippen LogP contribution in [0.15, 0.2) is 29.2 Å². The molecule has 8 nitrogen and oxygen atoms in total. The second-order valence-electron chi connectivity index (χ2n) is 10.2. The third kappa shape index (κ3) is 4.51. The number of benzene rings is 1. The van der Waals surface area contributed by atoms with Crippen LogP contribution in [-0.2, 0) is 38.0 Å². The van der Waals surface area contributed by atoms with Crippen LogP contribution >= 0.6 is 0 Å². The molecule has 0 N–H and O–H groups in total. The first-order chi connectivity index (χ1) is 15.4. The summed E-state index contributed by atoms with van der Waals surface area (Å²) in [4.78, 5) is 13.4. The van der Waals surface area contributed by atoms with E-state index in [4.69, 9.17) is 23.1 Å². The van der Waals surface area contributed by atoms with Crippen LogP contribution in [0.3, 0.4) is 0 Å². The van der Waals surface area contributed by atoms with Gasteiger partial charge in [-0.3, -0.25) is 8.98 Å². The standard InChI is InChI=1S/C24H34O8S/c1-16-6-8-17(9-7-16)33(26,27)31-13-18-21(19-14-29-22(2,3)32-19)23(4)10-11-24(18,12-20(23)25)30-15-28-5/h6-9,18-19,21H,10-15H2,1-5H3/t18-,19-,21+,23+,24+/m1/s1. The summed E-state index contributed by atoms with van der Waals surface area (Å²) >= 11 is 0. The van der Waals surface area contributed by atoms with Gasteiger partial charge in [-0.15, -0.1) is 0 Å². The number of Topliss-reactive ketones (excluding diaryl/α,β-unsaturated/α-hetero) is 1. The molecule has 4 aliphatic rings. The highest BCUT2D eigenvalue weighted by molar-refractivity contribution is 7.86. The van der Waals surface area contributed by atoms with Crippen molar-refractivity contribution in [2.24, 2.45) is 17.3 Å². The highest BCUT2D eigenvalue weighted by Gasteiger charge is 2.66. The quantitative estimate of drug-likeness (QED) is 0.412. The molecule has 1 aromatic carbocycles. The molecule has 0 aromatic heterocycles. The Labute approximate surface area is 196 Å². The summed E-state index contributed by atoms with van der Waals surface area (Å²) in [6.07, 6.45) is 1.06. The molecule has 1 aromatic rings. The molecule has 0 spiro atoms. The molecule has 1 saturated heterocycles. The van der Waals surface area contributed by atoms with E-state index in [2.05, 4.69) is 0 Å². The van der Waals surface area contributed by atoms with E-state index in [-0.39, 0.29) is 42.5 Å². The number of methoxy groups -OCH3 is 1. The lowest BCUT2D eigenvalue weighted by molar-refractivity contribution is -0.247. The van der Waals surface area contributed by atoms with E-state index < -0.39 is 32.8 Å². The van der Waals surface area contributed by atoms with Gasteiger partial charge in [-0.1, -0.05) is 24.6 Å². The maximum Gasteiger partial charge on any atom is 0.296 e. The van der Waals surface area contributed by atoms with Gasteiger partial charge < -0.3 is 18.9 Å². The molecule has 5 atom stereocenters. The Morgan fingerprint density at radius 3 is 2.39 bits per heavy atom. The number of carbonyl (C=O) groups is 1. The van der Waals surface area contributed by atoms with E-state index in [1.165, 1.54) is 19.2 Å². The zero-order valence-electron chi connectivity index (χ0n) is 20.0. The predicted molar refractivity (Wildman–Crippen MR) is 119 cm³/mol. The van der Waals surface area contributed by atoms with Crippen molar-refractivity contribution in [3.05, 3.63) is 29.8 Å². The topological polar surface area (TPSA) is 97.4 Å². The highest BCUT2D eigenvalue weighted by atomic mass is 32.2. The van der Waals surface area contributed by atoms with Crippen molar-refractivity contribution in [2.45, 2.75) is 69.3 Å². The Kier molecular flexibility index (Phi) is 6.52. The van der Waals surface area contributed by atoms with Gasteiger partial charge in [0.1, 0.15) is 12.6 Å². The summed E-state index contributed by atoms with van der Waals surface area (Å²) in [7, 11) is -2.46. The zero-order valence-corrected chi connectivity index (χ0v) is 20.8. The number of hydrogen-bond donors (Lipinski definition) is 0. The smallest absolute Gasteiger partial charge is 0.296 e. The number of rotatable bonds is 8. The van der Waals surface area contributed by atoms with E-state index >= 15 is 0 Å². The van der Waals surface area contributed by atoms with Crippen LogP contribution in [0, 0.1) is 24.2 Å². The second kappa shape index (κ2) is 8.70. The minimum Gasteiger partial charge on any atom is -0.359 e. The third-order valence-electron chi connectivity index (χ3n) is 7.62. The zero-order chi connectivity index (χ0) is 24.1. The predicted octanol–water partition coefficient (Wildman–Crippen LogP) is 3.22. The molecule has 0 radical (unpaired) electrons. The number of ether oxygens (including phenoxy) is 4. The van der Waals surface area contributed by atoms with Crippen molar-refractivity contribution in [1.82, 2.24) is 0 Å². The van der Waals surface area contributed by atoms with Gasteiger partial charge >= 0.3 is 0 Å². The normalized spacial score (nSPS) is 35.8. The lowest BCUT2D eigenvalue weighted by Crippen LogP contribution is -2.67. The van der Waals surface area contributed by atoms with Crippen molar-refractivity contribution in [2.75, 3.05) is 27.1 Å². The number of ketones is 1. The molecule has 1 heterocycles. The number of carbonyl (C=O) groups excluding carboxylic acids is 1. The van der Waals surface area contributed by atoms with Gasteiger partial charge in [-0.25, -0.2) is 0 Å². The largest absolute Gasteiger partial charge is 0.359 e. The Balaban J connectivity index is 1.67. The first kappa shape index (κ1) is 24.8. The molecule has 0 unspecified atom stereocenters. The summed E-state index contributed by atoms with van der Waals surface area (Å²) < 4.78 is 54.9. The molecular formula is C24H34O8S. The van der Waals surface area contributed by atoms with Crippen molar-refractivity contribution in [1.29, 1.82) is 0 Å². The maximum absolute atomic E-state index is 13.3. The van der Waals surface area contributed by atoms with Gasteiger partial charge in [-0.05, 0) is 45.7 Å². The molecular weight excluding hydrogens is 448 g/mol. The Morgan fingerprint density at radius 2 is 1.82 bits per heavy atom. The molecule has 2 bridgehead atoms. The molecule has 3 aliphatic carbocycles. The van der Waals surface area contributed by atoms with Crippen LogP contribution in [0.4, 0.5) is 0 Å². The fraction of sp³-hybridized carbons (Fsp3) is 0.708. The van der Waals surface area contributed by atoms with Crippen LogP contribution in [0.25, 0.3) is 0 Å². The second-order valence-corrected chi connectivity index (χ2v) is 11.8. The van der Waals surface area contributed by atoms with Gasteiger partial charge in [0.25, 0.3) is 10.1 Å². The van der Waals surface area contributed by atoms with Gasteiger partial charge in [0.2, 0.25) is 0 Å². The Morgan fingerprint density at radius 1 is 1.12 bits per heavy atom. The van der Waals surface area contributed by atoms with Gasteiger partial charge in [-0.2, -0.15) is 8.42 Å². The lowest BCUT2D eigenvalue weighted by atomic mass is 9.47. The fourth-order valence-electron chi connectivity index (χ4n) is 5.77.